The van der Waals surface area contributed by atoms with Gasteiger partial charge in [-0.1, -0.05) is 12.8 Å². The Balaban J connectivity index is 1.51. The summed E-state index contributed by atoms with van der Waals surface area (Å²) < 4.78 is 6.13. The summed E-state index contributed by atoms with van der Waals surface area (Å²) in [6.45, 7) is 0.928. The first-order chi connectivity index (χ1) is 9.81. The normalized spacial score (nSPS) is 36.8. The van der Waals surface area contributed by atoms with Crippen molar-refractivity contribution in [1.82, 2.24) is 5.43 Å². The Morgan fingerprint density at radius 2 is 2.20 bits per heavy atom. The molecule has 0 amide bonds. The van der Waals surface area contributed by atoms with Crippen LogP contribution in [0.2, 0.25) is 0 Å². The van der Waals surface area contributed by atoms with E-state index in [0.29, 0.717) is 12.0 Å². The third-order valence-electron chi connectivity index (χ3n) is 5.20. The highest BCUT2D eigenvalue weighted by Gasteiger charge is 2.42. The predicted molar refractivity (Wildman–Crippen MR) is 89.2 cm³/mol. The van der Waals surface area contributed by atoms with E-state index in [1.54, 1.807) is 0 Å². The lowest BCUT2D eigenvalue weighted by Crippen LogP contribution is -2.50. The Morgan fingerprint density at radius 1 is 1.35 bits per heavy atom. The Hall–Kier alpha value is 0.580. The van der Waals surface area contributed by atoms with Crippen molar-refractivity contribution in [2.75, 3.05) is 23.9 Å². The molecule has 1 aliphatic carbocycles. The molecule has 3 rings (SSSR count). The number of nitrogens with one attached hydrogen (secondary N) is 1. The van der Waals surface area contributed by atoms with Gasteiger partial charge in [0, 0.05) is 29.4 Å². The maximum Gasteiger partial charge on any atom is 0.0783 e. The van der Waals surface area contributed by atoms with Crippen LogP contribution in [0.4, 0.5) is 0 Å². The average molecular weight is 317 g/mol. The average Bonchev–Trinajstić information content (AvgIpc) is 3.12. The molecule has 1 spiro atoms. The highest BCUT2D eigenvalue weighted by molar-refractivity contribution is 8.00. The first kappa shape index (κ1) is 15.5. The first-order valence-electron chi connectivity index (χ1n) is 8.11. The molecule has 116 valence electrons. The fraction of sp³-hybridized carbons (Fsp3) is 1.00. The van der Waals surface area contributed by atoms with Crippen LogP contribution < -0.4 is 11.3 Å². The van der Waals surface area contributed by atoms with Crippen LogP contribution in [0.5, 0.6) is 0 Å². The molecule has 2 aliphatic heterocycles. The molecule has 3 N–H and O–H groups in total. The molecule has 1 saturated carbocycles. The van der Waals surface area contributed by atoms with Crippen molar-refractivity contribution >= 4 is 23.5 Å². The Bertz CT molecular complexity index is 304. The predicted octanol–water partition coefficient (Wildman–Crippen LogP) is 2.80. The number of hydrazine groups is 1. The van der Waals surface area contributed by atoms with E-state index in [1.165, 1.54) is 62.2 Å². The summed E-state index contributed by atoms with van der Waals surface area (Å²) >= 11 is 4.21. The zero-order valence-electron chi connectivity index (χ0n) is 12.3. The highest BCUT2D eigenvalue weighted by atomic mass is 32.2. The van der Waals surface area contributed by atoms with E-state index in [0.717, 1.165) is 11.9 Å². The number of rotatable bonds is 5. The fourth-order valence-electron chi connectivity index (χ4n) is 3.89. The standard InChI is InChI=1S/C15H28N2OS2/c16-17-14(10-20-13-3-1-2-4-13)12-5-7-18-15(9-12)6-8-19-11-15/h12-14,17H,1-11,16H2. The van der Waals surface area contributed by atoms with Crippen LogP contribution in [0, 0.1) is 5.92 Å². The molecule has 0 aromatic heterocycles. The molecule has 3 unspecified atom stereocenters. The quantitative estimate of drug-likeness (QED) is 0.603. The number of hydrogen-bond acceptors (Lipinski definition) is 5. The molecule has 2 heterocycles. The zero-order chi connectivity index (χ0) is 13.8. The third-order valence-corrected chi connectivity index (χ3v) is 7.91. The van der Waals surface area contributed by atoms with Crippen LogP contribution in [0.15, 0.2) is 0 Å². The van der Waals surface area contributed by atoms with Crippen LogP contribution in [-0.2, 0) is 4.74 Å². The maximum absolute atomic E-state index is 6.13. The maximum atomic E-state index is 6.13. The van der Waals surface area contributed by atoms with Crippen molar-refractivity contribution in [2.45, 2.75) is 61.8 Å². The number of nitrogens with two attached hydrogens (primary N) is 1. The van der Waals surface area contributed by atoms with Crippen LogP contribution in [0.1, 0.15) is 44.9 Å². The van der Waals surface area contributed by atoms with E-state index in [-0.39, 0.29) is 5.60 Å². The second-order valence-electron chi connectivity index (χ2n) is 6.60. The Morgan fingerprint density at radius 3 is 2.90 bits per heavy atom. The second kappa shape index (κ2) is 7.23. The lowest BCUT2D eigenvalue weighted by atomic mass is 9.82. The van der Waals surface area contributed by atoms with Gasteiger partial charge < -0.3 is 4.74 Å². The molecule has 0 radical (unpaired) electrons. The minimum atomic E-state index is 0.181. The molecule has 3 fully saturated rings. The molecule has 3 nitrogen and oxygen atoms in total. The van der Waals surface area contributed by atoms with E-state index in [2.05, 4.69) is 28.9 Å². The van der Waals surface area contributed by atoms with E-state index < -0.39 is 0 Å². The summed E-state index contributed by atoms with van der Waals surface area (Å²) in [5, 5.41) is 0.890. The molecular formula is C15H28N2OS2. The monoisotopic (exact) mass is 316 g/mol. The van der Waals surface area contributed by atoms with Gasteiger partial charge in [-0.15, -0.1) is 0 Å². The zero-order valence-corrected chi connectivity index (χ0v) is 13.9. The van der Waals surface area contributed by atoms with Gasteiger partial charge in [0.2, 0.25) is 0 Å². The van der Waals surface area contributed by atoms with Crippen molar-refractivity contribution in [3.05, 3.63) is 0 Å². The van der Waals surface area contributed by atoms with Gasteiger partial charge >= 0.3 is 0 Å². The molecular weight excluding hydrogens is 288 g/mol. The third kappa shape index (κ3) is 3.67. The molecule has 5 heteroatoms. The molecule has 20 heavy (non-hydrogen) atoms. The van der Waals surface area contributed by atoms with E-state index in [4.69, 9.17) is 10.6 Å². The van der Waals surface area contributed by atoms with Crippen molar-refractivity contribution in [3.8, 4) is 0 Å². The van der Waals surface area contributed by atoms with Gasteiger partial charge in [-0.3, -0.25) is 11.3 Å². The SMILES string of the molecule is NNC(CSC1CCCC1)C1CCOC2(CCSC2)C1. The summed E-state index contributed by atoms with van der Waals surface area (Å²) in [6.07, 6.45) is 9.30. The van der Waals surface area contributed by atoms with Gasteiger partial charge in [0.05, 0.1) is 5.60 Å². The Labute approximate surface area is 131 Å². The van der Waals surface area contributed by atoms with Gasteiger partial charge in [-0.25, -0.2) is 0 Å². The summed E-state index contributed by atoms with van der Waals surface area (Å²) in [4.78, 5) is 0. The summed E-state index contributed by atoms with van der Waals surface area (Å²) in [5.41, 5.74) is 3.30. The first-order valence-corrected chi connectivity index (χ1v) is 10.3. The molecule has 3 atom stereocenters. The van der Waals surface area contributed by atoms with Gasteiger partial charge in [-0.05, 0) is 43.8 Å². The van der Waals surface area contributed by atoms with Crippen LogP contribution in [0.3, 0.4) is 0 Å². The van der Waals surface area contributed by atoms with Gasteiger partial charge in [0.15, 0.2) is 0 Å². The number of hydrogen-bond donors (Lipinski definition) is 2. The minimum Gasteiger partial charge on any atom is -0.374 e. The highest BCUT2D eigenvalue weighted by Crippen LogP contribution is 2.42. The summed E-state index contributed by atoms with van der Waals surface area (Å²) in [7, 11) is 0. The molecule has 2 saturated heterocycles. The van der Waals surface area contributed by atoms with Crippen molar-refractivity contribution in [3.63, 3.8) is 0 Å². The number of ether oxygens (including phenoxy) is 1. The number of thioether (sulfide) groups is 2. The van der Waals surface area contributed by atoms with E-state index in [9.17, 15) is 0 Å². The Kier molecular flexibility index (Phi) is 5.59. The smallest absolute Gasteiger partial charge is 0.0783 e. The lowest BCUT2D eigenvalue weighted by molar-refractivity contribution is -0.0838. The topological polar surface area (TPSA) is 47.3 Å². The molecule has 0 bridgehead atoms. The van der Waals surface area contributed by atoms with Gasteiger partial charge in [0.1, 0.15) is 0 Å². The molecule has 0 aromatic rings. The minimum absolute atomic E-state index is 0.181. The second-order valence-corrected chi connectivity index (χ2v) is 9.04. The van der Waals surface area contributed by atoms with E-state index >= 15 is 0 Å². The van der Waals surface area contributed by atoms with Crippen molar-refractivity contribution in [1.29, 1.82) is 0 Å². The van der Waals surface area contributed by atoms with E-state index in [1.807, 2.05) is 0 Å². The largest absolute Gasteiger partial charge is 0.374 e. The van der Waals surface area contributed by atoms with Gasteiger partial charge in [0.25, 0.3) is 0 Å². The van der Waals surface area contributed by atoms with Crippen LogP contribution in [0.25, 0.3) is 0 Å². The molecule has 0 aromatic carbocycles. The fourth-order valence-corrected chi connectivity index (χ4v) is 6.78. The molecule has 3 aliphatic rings. The van der Waals surface area contributed by atoms with Crippen molar-refractivity contribution in [2.24, 2.45) is 11.8 Å². The van der Waals surface area contributed by atoms with Crippen LogP contribution >= 0.6 is 23.5 Å². The summed E-state index contributed by atoms with van der Waals surface area (Å²) in [5.74, 6) is 10.2. The van der Waals surface area contributed by atoms with Crippen molar-refractivity contribution < 1.29 is 4.74 Å². The van der Waals surface area contributed by atoms with Gasteiger partial charge in [-0.2, -0.15) is 23.5 Å². The lowest BCUT2D eigenvalue weighted by Gasteiger charge is -2.40. The van der Waals surface area contributed by atoms with Crippen LogP contribution in [-0.4, -0.2) is 40.8 Å². The summed E-state index contributed by atoms with van der Waals surface area (Å²) in [6, 6.07) is 0.465.